The van der Waals surface area contributed by atoms with Crippen molar-refractivity contribution in [2.45, 2.75) is 38.3 Å². The Labute approximate surface area is 196 Å². The average Bonchev–Trinajstić information content (AvgIpc) is 2.77. The van der Waals surface area contributed by atoms with Crippen molar-refractivity contribution in [2.75, 3.05) is 13.2 Å². The van der Waals surface area contributed by atoms with Gasteiger partial charge in [0.15, 0.2) is 11.5 Å². The van der Waals surface area contributed by atoms with Crippen molar-refractivity contribution in [3.63, 3.8) is 0 Å². The van der Waals surface area contributed by atoms with E-state index in [0.29, 0.717) is 23.7 Å². The fraction of sp³-hybridized carbons (Fsp3) is 0.381. The van der Waals surface area contributed by atoms with Crippen LogP contribution < -0.4 is 20.5 Å². The van der Waals surface area contributed by atoms with Crippen molar-refractivity contribution in [1.82, 2.24) is 10.3 Å². The first-order valence-corrected chi connectivity index (χ1v) is 10.1. The Kier molecular flexibility index (Phi) is 8.77. The number of hydrogen-bond acceptors (Lipinski definition) is 6. The third-order valence-corrected chi connectivity index (χ3v) is 4.30. The van der Waals surface area contributed by atoms with Crippen molar-refractivity contribution in [3.8, 4) is 11.5 Å². The lowest BCUT2D eigenvalue weighted by molar-refractivity contribution is -0.388. The standard InChI is InChI=1S/C21H22F6N4O4/c1-3-33-15-8-7-13(10-16(15)34-4-2)11-17(28)31-35-19(20(22,23)24,21(25,26)27)30-18(32)14-6-5-9-29-12-14/h5-10,12H,3-4,11H2,1-2H3,(H2,28,31)(H,30,32). The molecule has 35 heavy (non-hydrogen) atoms. The largest absolute Gasteiger partial charge is 0.490 e. The molecule has 1 heterocycles. The molecule has 0 atom stereocenters. The molecule has 0 bridgehead atoms. The number of nitrogens with zero attached hydrogens (tertiary/aromatic N) is 2. The van der Waals surface area contributed by atoms with Crippen LogP contribution in [-0.4, -0.2) is 48.0 Å². The van der Waals surface area contributed by atoms with E-state index in [9.17, 15) is 31.1 Å². The summed E-state index contributed by atoms with van der Waals surface area (Å²) in [6, 6.07) is 6.55. The molecule has 2 aromatic rings. The molecule has 0 aliphatic heterocycles. The van der Waals surface area contributed by atoms with Crippen LogP contribution in [-0.2, 0) is 11.3 Å². The van der Waals surface area contributed by atoms with Crippen LogP contribution in [0.25, 0.3) is 0 Å². The van der Waals surface area contributed by atoms with E-state index in [-0.39, 0.29) is 6.61 Å². The van der Waals surface area contributed by atoms with Crippen LogP contribution in [0.2, 0.25) is 0 Å². The molecule has 0 saturated heterocycles. The molecular weight excluding hydrogens is 486 g/mol. The second-order valence-electron chi connectivity index (χ2n) is 6.87. The van der Waals surface area contributed by atoms with Gasteiger partial charge in [-0.05, 0) is 43.7 Å². The number of benzene rings is 1. The minimum atomic E-state index is -6.16. The third kappa shape index (κ3) is 6.67. The number of pyridine rings is 1. The van der Waals surface area contributed by atoms with Gasteiger partial charge in [-0.25, -0.2) is 0 Å². The second-order valence-corrected chi connectivity index (χ2v) is 6.87. The van der Waals surface area contributed by atoms with Gasteiger partial charge >= 0.3 is 18.1 Å². The Morgan fingerprint density at radius 2 is 1.66 bits per heavy atom. The van der Waals surface area contributed by atoms with E-state index in [4.69, 9.17) is 15.2 Å². The minimum Gasteiger partial charge on any atom is -0.490 e. The number of oxime groups is 1. The van der Waals surface area contributed by atoms with Gasteiger partial charge in [0.25, 0.3) is 5.91 Å². The monoisotopic (exact) mass is 508 g/mol. The highest BCUT2D eigenvalue weighted by Gasteiger charge is 2.76. The number of nitrogens with one attached hydrogen (secondary N) is 1. The van der Waals surface area contributed by atoms with Crippen molar-refractivity contribution in [2.24, 2.45) is 10.9 Å². The number of amides is 1. The lowest BCUT2D eigenvalue weighted by atomic mass is 10.1. The van der Waals surface area contributed by atoms with E-state index < -0.39 is 41.8 Å². The maximum atomic E-state index is 13.7. The maximum absolute atomic E-state index is 13.7. The normalized spacial score (nSPS) is 12.7. The summed E-state index contributed by atoms with van der Waals surface area (Å²) in [5.74, 6) is -1.79. The van der Waals surface area contributed by atoms with E-state index in [0.717, 1.165) is 23.6 Å². The Hall–Kier alpha value is -3.71. The molecule has 0 aliphatic rings. The molecule has 3 N–H and O–H groups in total. The molecule has 2 rings (SSSR count). The van der Waals surface area contributed by atoms with Crippen LogP contribution in [0.5, 0.6) is 11.5 Å². The van der Waals surface area contributed by atoms with E-state index in [1.165, 1.54) is 24.4 Å². The Bertz CT molecular complexity index is 1010. The van der Waals surface area contributed by atoms with Crippen molar-refractivity contribution < 1.29 is 45.4 Å². The van der Waals surface area contributed by atoms with Crippen LogP contribution in [0.1, 0.15) is 29.8 Å². The predicted molar refractivity (Wildman–Crippen MR) is 112 cm³/mol. The van der Waals surface area contributed by atoms with Crippen molar-refractivity contribution >= 4 is 11.7 Å². The van der Waals surface area contributed by atoms with E-state index >= 15 is 0 Å². The third-order valence-electron chi connectivity index (χ3n) is 4.30. The van der Waals surface area contributed by atoms with Crippen LogP contribution in [0, 0.1) is 0 Å². The minimum absolute atomic E-state index is 0.270. The SMILES string of the molecule is CCOc1ccc(CC(N)=NOC(NC(=O)c2cccnc2)(C(F)(F)F)C(F)(F)F)cc1OCC. The molecule has 0 aliphatic carbocycles. The van der Waals surface area contributed by atoms with Crippen molar-refractivity contribution in [1.29, 1.82) is 0 Å². The van der Waals surface area contributed by atoms with E-state index in [1.54, 1.807) is 13.8 Å². The van der Waals surface area contributed by atoms with Gasteiger partial charge in [-0.2, -0.15) is 26.3 Å². The molecule has 1 aromatic carbocycles. The van der Waals surface area contributed by atoms with E-state index in [1.807, 2.05) is 0 Å². The number of rotatable bonds is 10. The highest BCUT2D eigenvalue weighted by Crippen LogP contribution is 2.44. The quantitative estimate of drug-likeness (QED) is 0.165. The number of nitrogens with two attached hydrogens (primary N) is 1. The average molecular weight is 508 g/mol. The van der Waals surface area contributed by atoms with Crippen LogP contribution >= 0.6 is 0 Å². The molecule has 0 radical (unpaired) electrons. The summed E-state index contributed by atoms with van der Waals surface area (Å²) in [5.41, 5.74) is 0.157. The first-order chi connectivity index (χ1) is 16.3. The van der Waals surface area contributed by atoms with Crippen molar-refractivity contribution in [3.05, 3.63) is 53.9 Å². The fourth-order valence-electron chi connectivity index (χ4n) is 2.73. The molecule has 192 valence electrons. The number of amidine groups is 1. The number of ether oxygens (including phenoxy) is 2. The topological polar surface area (TPSA) is 108 Å². The summed E-state index contributed by atoms with van der Waals surface area (Å²) < 4.78 is 92.8. The second kappa shape index (κ2) is 11.1. The Morgan fingerprint density at radius 1 is 1.03 bits per heavy atom. The predicted octanol–water partition coefficient (Wildman–Crippen LogP) is 3.96. The summed E-state index contributed by atoms with van der Waals surface area (Å²) in [4.78, 5) is 19.6. The maximum Gasteiger partial charge on any atom is 0.461 e. The summed E-state index contributed by atoms with van der Waals surface area (Å²) in [6.45, 7) is 4.05. The zero-order valence-electron chi connectivity index (χ0n) is 18.5. The summed E-state index contributed by atoms with van der Waals surface area (Å²) >= 11 is 0. The van der Waals surface area contributed by atoms with Crippen LogP contribution in [0.4, 0.5) is 26.3 Å². The lowest BCUT2D eigenvalue weighted by Crippen LogP contribution is -2.68. The lowest BCUT2D eigenvalue weighted by Gasteiger charge is -2.34. The number of aromatic nitrogens is 1. The van der Waals surface area contributed by atoms with Gasteiger partial charge < -0.3 is 20.0 Å². The zero-order chi connectivity index (χ0) is 26.3. The number of hydrogen-bond donors (Lipinski definition) is 2. The van der Waals surface area contributed by atoms with Gasteiger partial charge in [0.2, 0.25) is 0 Å². The molecule has 0 fully saturated rings. The molecular formula is C21H22F6N4O4. The van der Waals surface area contributed by atoms with Crippen LogP contribution in [0.15, 0.2) is 47.9 Å². The van der Waals surface area contributed by atoms with Gasteiger partial charge in [-0.3, -0.25) is 15.1 Å². The summed E-state index contributed by atoms with van der Waals surface area (Å²) in [7, 11) is 0. The smallest absolute Gasteiger partial charge is 0.461 e. The van der Waals surface area contributed by atoms with Gasteiger partial charge in [0, 0.05) is 18.8 Å². The van der Waals surface area contributed by atoms with Gasteiger partial charge in [0.05, 0.1) is 18.8 Å². The molecule has 0 saturated carbocycles. The molecule has 1 aromatic heterocycles. The highest BCUT2D eigenvalue weighted by molar-refractivity contribution is 5.94. The molecule has 14 heteroatoms. The molecule has 1 amide bonds. The highest BCUT2D eigenvalue weighted by atomic mass is 19.4. The van der Waals surface area contributed by atoms with Gasteiger partial charge in [-0.1, -0.05) is 11.2 Å². The Balaban J connectivity index is 2.35. The molecule has 0 unspecified atom stereocenters. The van der Waals surface area contributed by atoms with Crippen LogP contribution in [0.3, 0.4) is 0 Å². The van der Waals surface area contributed by atoms with E-state index in [2.05, 4.69) is 15.0 Å². The number of carbonyl (C=O) groups is 1. The fourth-order valence-corrected chi connectivity index (χ4v) is 2.73. The van der Waals surface area contributed by atoms with Gasteiger partial charge in [-0.15, -0.1) is 0 Å². The summed E-state index contributed by atoms with van der Waals surface area (Å²) in [5, 5.41) is 3.70. The zero-order valence-corrected chi connectivity index (χ0v) is 18.5. The molecule has 8 nitrogen and oxygen atoms in total. The molecule has 0 spiro atoms. The Morgan fingerprint density at radius 3 is 2.20 bits per heavy atom. The first kappa shape index (κ1) is 27.5. The summed E-state index contributed by atoms with van der Waals surface area (Å²) in [6.07, 6.45) is -10.7. The number of carbonyl (C=O) groups excluding carboxylic acids is 1. The number of alkyl halides is 6. The first-order valence-electron chi connectivity index (χ1n) is 10.1. The van der Waals surface area contributed by atoms with Gasteiger partial charge in [0.1, 0.15) is 5.84 Å². The number of halogens is 6.